The second-order valence-corrected chi connectivity index (χ2v) is 6.64. The Bertz CT molecular complexity index is 965. The van der Waals surface area contributed by atoms with Crippen molar-refractivity contribution in [2.24, 2.45) is 0 Å². The fourth-order valence-corrected chi connectivity index (χ4v) is 2.84. The molecule has 0 aliphatic heterocycles. The third-order valence-electron chi connectivity index (χ3n) is 4.27. The number of anilines is 2. The van der Waals surface area contributed by atoms with Crippen LogP contribution in [0.5, 0.6) is 0 Å². The molecule has 0 bridgehead atoms. The Morgan fingerprint density at radius 2 is 1.85 bits per heavy atom. The van der Waals surface area contributed by atoms with Gasteiger partial charge in [0.15, 0.2) is 0 Å². The Balaban J connectivity index is 0.00000261. The standard InChI is InChI=1S/C20H23N5O.ClH/c1-12(2)16-7-5-6-8-18(16)25-14(4)22-19(24-25)20(26)23-17-11-15(21)10-9-13(17)3;/h5-12H,21H2,1-4H3,(H,23,26);1H. The smallest absolute Gasteiger partial charge is 0.295 e. The van der Waals surface area contributed by atoms with E-state index in [4.69, 9.17) is 5.73 Å². The summed E-state index contributed by atoms with van der Waals surface area (Å²) in [5.74, 6) is 0.764. The Morgan fingerprint density at radius 1 is 1.15 bits per heavy atom. The van der Waals surface area contributed by atoms with Crippen molar-refractivity contribution < 1.29 is 4.79 Å². The second kappa shape index (κ2) is 8.22. The summed E-state index contributed by atoms with van der Waals surface area (Å²) in [4.78, 5) is 16.9. The topological polar surface area (TPSA) is 85.8 Å². The number of rotatable bonds is 4. The first-order valence-electron chi connectivity index (χ1n) is 8.57. The number of carbonyl (C=O) groups is 1. The molecule has 1 aromatic heterocycles. The summed E-state index contributed by atoms with van der Waals surface area (Å²) in [6, 6.07) is 13.4. The molecule has 0 aliphatic rings. The predicted octanol–water partition coefficient (Wildman–Crippen LogP) is 4.26. The first-order valence-corrected chi connectivity index (χ1v) is 8.57. The van der Waals surface area contributed by atoms with E-state index in [2.05, 4.69) is 35.3 Å². The number of aromatic nitrogens is 3. The van der Waals surface area contributed by atoms with Crippen molar-refractivity contribution in [3.05, 3.63) is 65.2 Å². The molecule has 0 unspecified atom stereocenters. The highest BCUT2D eigenvalue weighted by molar-refractivity contribution is 6.02. The summed E-state index contributed by atoms with van der Waals surface area (Å²) < 4.78 is 1.72. The third-order valence-corrected chi connectivity index (χ3v) is 4.27. The molecule has 0 aliphatic carbocycles. The summed E-state index contributed by atoms with van der Waals surface area (Å²) in [7, 11) is 0. The molecule has 3 aromatic rings. The van der Waals surface area contributed by atoms with E-state index in [1.165, 1.54) is 0 Å². The van der Waals surface area contributed by atoms with E-state index in [1.807, 2.05) is 38.1 Å². The van der Waals surface area contributed by atoms with Gasteiger partial charge in [-0.2, -0.15) is 0 Å². The van der Waals surface area contributed by atoms with Gasteiger partial charge < -0.3 is 11.1 Å². The minimum Gasteiger partial charge on any atom is -0.399 e. The van der Waals surface area contributed by atoms with Crippen molar-refractivity contribution in [3.8, 4) is 5.69 Å². The average molecular weight is 386 g/mol. The van der Waals surface area contributed by atoms with Crippen LogP contribution in [0.1, 0.15) is 47.3 Å². The molecule has 0 saturated carbocycles. The molecule has 0 spiro atoms. The Labute approximate surface area is 165 Å². The number of halogens is 1. The van der Waals surface area contributed by atoms with Crippen LogP contribution in [0.15, 0.2) is 42.5 Å². The first kappa shape index (κ1) is 20.5. The first-order chi connectivity index (χ1) is 12.4. The van der Waals surface area contributed by atoms with Gasteiger partial charge in [0.1, 0.15) is 5.82 Å². The summed E-state index contributed by atoms with van der Waals surface area (Å²) in [6.07, 6.45) is 0. The van der Waals surface area contributed by atoms with Gasteiger partial charge in [-0.1, -0.05) is 38.1 Å². The molecule has 142 valence electrons. The van der Waals surface area contributed by atoms with Crippen LogP contribution in [0.25, 0.3) is 5.69 Å². The van der Waals surface area contributed by atoms with E-state index in [0.29, 0.717) is 23.1 Å². The molecule has 3 rings (SSSR count). The molecule has 2 aromatic carbocycles. The van der Waals surface area contributed by atoms with Gasteiger partial charge in [-0.25, -0.2) is 9.67 Å². The molecule has 7 heteroatoms. The fourth-order valence-electron chi connectivity index (χ4n) is 2.84. The molecule has 6 nitrogen and oxygen atoms in total. The van der Waals surface area contributed by atoms with Crippen LogP contribution >= 0.6 is 12.4 Å². The van der Waals surface area contributed by atoms with Crippen LogP contribution in [0.4, 0.5) is 11.4 Å². The lowest BCUT2D eigenvalue weighted by atomic mass is 10.0. The van der Waals surface area contributed by atoms with E-state index < -0.39 is 0 Å². The van der Waals surface area contributed by atoms with Crippen LogP contribution in [-0.4, -0.2) is 20.7 Å². The van der Waals surface area contributed by atoms with Crippen LogP contribution in [-0.2, 0) is 0 Å². The molecule has 1 amide bonds. The fraction of sp³-hybridized carbons (Fsp3) is 0.250. The van der Waals surface area contributed by atoms with Gasteiger partial charge in [0.05, 0.1) is 5.69 Å². The lowest BCUT2D eigenvalue weighted by molar-refractivity contribution is 0.101. The minimum absolute atomic E-state index is 0. The van der Waals surface area contributed by atoms with E-state index in [0.717, 1.165) is 16.8 Å². The van der Waals surface area contributed by atoms with E-state index >= 15 is 0 Å². The number of nitrogens with one attached hydrogen (secondary N) is 1. The number of nitrogens with two attached hydrogens (primary N) is 1. The van der Waals surface area contributed by atoms with Crippen LogP contribution in [0, 0.1) is 13.8 Å². The Hall–Kier alpha value is -2.86. The van der Waals surface area contributed by atoms with Gasteiger partial charge in [0.2, 0.25) is 5.82 Å². The Morgan fingerprint density at radius 3 is 2.56 bits per heavy atom. The predicted molar refractivity (Wildman–Crippen MR) is 111 cm³/mol. The average Bonchev–Trinajstić information content (AvgIpc) is 3.00. The van der Waals surface area contributed by atoms with Crippen LogP contribution < -0.4 is 11.1 Å². The quantitative estimate of drug-likeness (QED) is 0.657. The minimum atomic E-state index is -0.359. The van der Waals surface area contributed by atoms with Gasteiger partial charge >= 0.3 is 0 Å². The van der Waals surface area contributed by atoms with Crippen molar-refractivity contribution in [1.29, 1.82) is 0 Å². The number of carbonyl (C=O) groups excluding carboxylic acids is 1. The maximum absolute atomic E-state index is 12.6. The molecule has 27 heavy (non-hydrogen) atoms. The molecule has 0 saturated heterocycles. The maximum Gasteiger partial charge on any atom is 0.295 e. The summed E-state index contributed by atoms with van der Waals surface area (Å²) in [5.41, 5.74) is 10.1. The normalized spacial score (nSPS) is 10.6. The number of hydrogen-bond acceptors (Lipinski definition) is 4. The SMILES string of the molecule is Cc1ccc(N)cc1NC(=O)c1nc(C)n(-c2ccccc2C(C)C)n1.Cl. The third kappa shape index (κ3) is 4.28. The van der Waals surface area contributed by atoms with Crippen molar-refractivity contribution in [1.82, 2.24) is 14.8 Å². The van der Waals surface area contributed by atoms with Gasteiger partial charge in [-0.15, -0.1) is 17.5 Å². The number of aryl methyl sites for hydroxylation is 2. The van der Waals surface area contributed by atoms with E-state index in [-0.39, 0.29) is 24.1 Å². The van der Waals surface area contributed by atoms with Crippen molar-refractivity contribution in [2.45, 2.75) is 33.6 Å². The summed E-state index contributed by atoms with van der Waals surface area (Å²) >= 11 is 0. The zero-order chi connectivity index (χ0) is 18.8. The highest BCUT2D eigenvalue weighted by Crippen LogP contribution is 2.23. The van der Waals surface area contributed by atoms with Crippen molar-refractivity contribution >= 4 is 29.7 Å². The number of benzene rings is 2. The number of para-hydroxylation sites is 1. The highest BCUT2D eigenvalue weighted by Gasteiger charge is 2.18. The molecule has 0 atom stereocenters. The van der Waals surface area contributed by atoms with Gasteiger partial charge in [0, 0.05) is 11.4 Å². The largest absolute Gasteiger partial charge is 0.399 e. The van der Waals surface area contributed by atoms with Gasteiger partial charge in [-0.3, -0.25) is 4.79 Å². The number of hydrogen-bond donors (Lipinski definition) is 2. The molecule has 0 radical (unpaired) electrons. The molecule has 3 N–H and O–H groups in total. The van der Waals surface area contributed by atoms with Crippen molar-refractivity contribution in [2.75, 3.05) is 11.1 Å². The number of nitrogen functional groups attached to an aromatic ring is 1. The highest BCUT2D eigenvalue weighted by atomic mass is 35.5. The molecular weight excluding hydrogens is 362 g/mol. The van der Waals surface area contributed by atoms with Crippen LogP contribution in [0.3, 0.4) is 0 Å². The molecular formula is C20H24ClN5O. The van der Waals surface area contributed by atoms with Gasteiger partial charge in [-0.05, 0) is 49.1 Å². The lowest BCUT2D eigenvalue weighted by Gasteiger charge is -2.12. The zero-order valence-corrected chi connectivity index (χ0v) is 16.7. The Kier molecular flexibility index (Phi) is 6.23. The zero-order valence-electron chi connectivity index (χ0n) is 15.9. The molecule has 0 fully saturated rings. The van der Waals surface area contributed by atoms with Crippen LogP contribution in [0.2, 0.25) is 0 Å². The monoisotopic (exact) mass is 385 g/mol. The summed E-state index contributed by atoms with van der Waals surface area (Å²) in [6.45, 7) is 8.00. The number of amides is 1. The van der Waals surface area contributed by atoms with E-state index in [1.54, 1.807) is 16.8 Å². The summed E-state index contributed by atoms with van der Waals surface area (Å²) in [5, 5.41) is 7.27. The van der Waals surface area contributed by atoms with Crippen molar-refractivity contribution in [3.63, 3.8) is 0 Å². The molecule has 1 heterocycles. The number of nitrogens with zero attached hydrogens (tertiary/aromatic N) is 3. The van der Waals surface area contributed by atoms with E-state index in [9.17, 15) is 4.79 Å². The maximum atomic E-state index is 12.6. The lowest BCUT2D eigenvalue weighted by Crippen LogP contribution is -2.15. The van der Waals surface area contributed by atoms with Gasteiger partial charge in [0.25, 0.3) is 5.91 Å². The second-order valence-electron chi connectivity index (χ2n) is 6.64.